The molecule has 0 atom stereocenters. The molecule has 0 spiro atoms. The lowest BCUT2D eigenvalue weighted by molar-refractivity contribution is 1.19. The summed E-state index contributed by atoms with van der Waals surface area (Å²) in [6, 6.07) is 13.1. The molecule has 0 fully saturated rings. The van der Waals surface area contributed by atoms with Gasteiger partial charge >= 0.3 is 0 Å². The minimum atomic E-state index is 0.623. The lowest BCUT2D eigenvalue weighted by atomic mass is 10.1. The second kappa shape index (κ2) is 4.17. The zero-order valence-corrected chi connectivity index (χ0v) is 10.1. The van der Waals surface area contributed by atoms with Crippen LogP contribution >= 0.6 is 11.6 Å². The highest BCUT2D eigenvalue weighted by Gasteiger charge is 2.06. The third-order valence-electron chi connectivity index (χ3n) is 2.74. The van der Waals surface area contributed by atoms with Crippen LogP contribution in [0.5, 0.6) is 0 Å². The summed E-state index contributed by atoms with van der Waals surface area (Å²) in [7, 11) is 0. The van der Waals surface area contributed by atoms with Gasteiger partial charge in [0, 0.05) is 18.0 Å². The van der Waals surface area contributed by atoms with E-state index >= 15 is 0 Å². The van der Waals surface area contributed by atoms with Gasteiger partial charge in [0.1, 0.15) is 0 Å². The van der Waals surface area contributed by atoms with Gasteiger partial charge in [0.05, 0.1) is 22.3 Å². The number of fused-ring (bicyclic) bond motifs is 1. The second-order valence-electron chi connectivity index (χ2n) is 3.90. The van der Waals surface area contributed by atoms with Gasteiger partial charge < -0.3 is 4.40 Å². The van der Waals surface area contributed by atoms with Gasteiger partial charge in [-0.25, -0.2) is 4.98 Å². The molecular weight excluding hydrogens is 246 g/mol. The van der Waals surface area contributed by atoms with E-state index in [0.29, 0.717) is 10.6 Å². The largest absolute Gasteiger partial charge is 0.305 e. The fourth-order valence-electron chi connectivity index (χ4n) is 1.83. The minimum Gasteiger partial charge on any atom is -0.305 e. The Bertz CT molecular complexity index is 751. The van der Waals surface area contributed by atoms with Crippen molar-refractivity contribution >= 4 is 17.2 Å². The van der Waals surface area contributed by atoms with Crippen LogP contribution < -0.4 is 0 Å². The number of halogens is 1. The van der Waals surface area contributed by atoms with E-state index in [2.05, 4.69) is 11.1 Å². The summed E-state index contributed by atoms with van der Waals surface area (Å²) in [5.74, 6) is 0. The molecule has 18 heavy (non-hydrogen) atoms. The third-order valence-corrected chi connectivity index (χ3v) is 3.04. The molecule has 0 N–H and O–H groups in total. The van der Waals surface area contributed by atoms with Crippen molar-refractivity contribution in [3.05, 3.63) is 59.4 Å². The minimum absolute atomic E-state index is 0.623. The molecule has 0 saturated heterocycles. The molecule has 1 aromatic carbocycles. The highest BCUT2D eigenvalue weighted by atomic mass is 35.5. The third kappa shape index (κ3) is 1.73. The van der Waals surface area contributed by atoms with Crippen molar-refractivity contribution in [3.8, 4) is 17.3 Å². The Morgan fingerprint density at radius 3 is 2.61 bits per heavy atom. The van der Waals surface area contributed by atoms with Crippen molar-refractivity contribution in [2.24, 2.45) is 0 Å². The first-order chi connectivity index (χ1) is 8.78. The van der Waals surface area contributed by atoms with Crippen molar-refractivity contribution in [2.45, 2.75) is 0 Å². The van der Waals surface area contributed by atoms with E-state index in [0.717, 1.165) is 16.9 Å². The van der Waals surface area contributed by atoms with E-state index in [9.17, 15) is 0 Å². The molecule has 0 aliphatic rings. The molecule has 0 amide bonds. The Labute approximate surface area is 109 Å². The van der Waals surface area contributed by atoms with Gasteiger partial charge in [0.25, 0.3) is 0 Å². The summed E-state index contributed by atoms with van der Waals surface area (Å²) < 4.78 is 1.88. The summed E-state index contributed by atoms with van der Waals surface area (Å²) in [6.07, 6.45) is 3.82. The molecule has 0 aliphatic carbocycles. The number of hydrogen-bond acceptors (Lipinski definition) is 2. The van der Waals surface area contributed by atoms with Gasteiger partial charge in [-0.1, -0.05) is 23.7 Å². The van der Waals surface area contributed by atoms with Crippen molar-refractivity contribution < 1.29 is 0 Å². The molecule has 86 valence electrons. The molecular formula is C14H8ClN3. The molecule has 2 heterocycles. The zero-order valence-electron chi connectivity index (χ0n) is 9.34. The Hall–Kier alpha value is -2.31. The van der Waals surface area contributed by atoms with Crippen molar-refractivity contribution in [3.63, 3.8) is 0 Å². The van der Waals surface area contributed by atoms with Crippen LogP contribution in [0.4, 0.5) is 0 Å². The normalized spacial score (nSPS) is 10.4. The van der Waals surface area contributed by atoms with E-state index in [4.69, 9.17) is 16.9 Å². The predicted molar refractivity (Wildman–Crippen MR) is 70.4 cm³/mol. The molecule has 0 aliphatic heterocycles. The summed E-state index contributed by atoms with van der Waals surface area (Å²) >= 11 is 6.08. The van der Waals surface area contributed by atoms with Crippen molar-refractivity contribution in [1.29, 1.82) is 5.26 Å². The second-order valence-corrected chi connectivity index (χ2v) is 4.31. The average Bonchev–Trinajstić information content (AvgIpc) is 2.84. The van der Waals surface area contributed by atoms with E-state index in [1.165, 1.54) is 0 Å². The summed E-state index contributed by atoms with van der Waals surface area (Å²) in [4.78, 5) is 4.49. The zero-order chi connectivity index (χ0) is 12.5. The van der Waals surface area contributed by atoms with E-state index in [1.54, 1.807) is 12.1 Å². The maximum absolute atomic E-state index is 8.76. The van der Waals surface area contributed by atoms with Crippen LogP contribution in [0.1, 0.15) is 5.56 Å². The van der Waals surface area contributed by atoms with Crippen molar-refractivity contribution in [1.82, 2.24) is 9.38 Å². The van der Waals surface area contributed by atoms with Crippen molar-refractivity contribution in [2.75, 3.05) is 0 Å². The molecule has 3 aromatic rings. The quantitative estimate of drug-likeness (QED) is 0.666. The Balaban J connectivity index is 2.14. The molecule has 3 rings (SSSR count). The van der Waals surface area contributed by atoms with Crippen LogP contribution in [-0.2, 0) is 0 Å². The number of rotatable bonds is 1. The van der Waals surface area contributed by atoms with E-state index < -0.39 is 0 Å². The molecule has 3 nitrogen and oxygen atoms in total. The number of aromatic nitrogens is 2. The molecule has 0 unspecified atom stereocenters. The summed E-state index contributed by atoms with van der Waals surface area (Å²) in [5, 5.41) is 9.39. The Morgan fingerprint density at radius 2 is 1.94 bits per heavy atom. The standard InChI is InChI=1S/C14H8ClN3/c15-12-2-1-7-18-9-13(17-14(12)18)11-5-3-10(8-16)4-6-11/h1-7,9H. The summed E-state index contributed by atoms with van der Waals surface area (Å²) in [5.41, 5.74) is 3.18. The van der Waals surface area contributed by atoms with Crippen LogP contribution in [0.25, 0.3) is 16.9 Å². The first kappa shape index (κ1) is 10.8. The van der Waals surface area contributed by atoms with Crippen LogP contribution in [0.2, 0.25) is 5.02 Å². The van der Waals surface area contributed by atoms with Crippen LogP contribution in [-0.4, -0.2) is 9.38 Å². The Morgan fingerprint density at radius 1 is 1.17 bits per heavy atom. The fraction of sp³-hybridized carbons (Fsp3) is 0. The number of benzene rings is 1. The molecule has 2 aromatic heterocycles. The van der Waals surface area contributed by atoms with E-state index in [1.807, 2.05) is 41.1 Å². The number of nitrogens with zero attached hydrogens (tertiary/aromatic N) is 3. The number of nitriles is 1. The molecule has 0 saturated carbocycles. The highest BCUT2D eigenvalue weighted by Crippen LogP contribution is 2.23. The smallest absolute Gasteiger partial charge is 0.156 e. The van der Waals surface area contributed by atoms with Gasteiger partial charge in [-0.3, -0.25) is 0 Å². The summed E-state index contributed by atoms with van der Waals surface area (Å²) in [6.45, 7) is 0. The number of imidazole rings is 1. The predicted octanol–water partition coefficient (Wildman–Crippen LogP) is 3.53. The molecule has 0 bridgehead atoms. The monoisotopic (exact) mass is 253 g/mol. The SMILES string of the molecule is N#Cc1ccc(-c2cn3cccc(Cl)c3n2)cc1. The maximum atomic E-state index is 8.76. The maximum Gasteiger partial charge on any atom is 0.156 e. The van der Waals surface area contributed by atoms with Crippen LogP contribution in [0.3, 0.4) is 0 Å². The number of pyridine rings is 1. The van der Waals surface area contributed by atoms with Gasteiger partial charge in [-0.05, 0) is 24.3 Å². The van der Waals surface area contributed by atoms with Gasteiger partial charge in [-0.15, -0.1) is 0 Å². The van der Waals surface area contributed by atoms with Gasteiger partial charge in [0.2, 0.25) is 0 Å². The average molecular weight is 254 g/mol. The molecule has 0 radical (unpaired) electrons. The lowest BCUT2D eigenvalue weighted by Gasteiger charge is -1.94. The highest BCUT2D eigenvalue weighted by molar-refractivity contribution is 6.33. The van der Waals surface area contributed by atoms with Gasteiger partial charge in [0.15, 0.2) is 5.65 Å². The van der Waals surface area contributed by atoms with Crippen LogP contribution in [0, 0.1) is 11.3 Å². The van der Waals surface area contributed by atoms with Gasteiger partial charge in [-0.2, -0.15) is 5.26 Å². The van der Waals surface area contributed by atoms with Crippen LogP contribution in [0.15, 0.2) is 48.8 Å². The topological polar surface area (TPSA) is 41.1 Å². The molecule has 4 heteroatoms. The first-order valence-corrected chi connectivity index (χ1v) is 5.79. The fourth-order valence-corrected chi connectivity index (χ4v) is 2.05. The lowest BCUT2D eigenvalue weighted by Crippen LogP contribution is -1.80. The Kier molecular flexibility index (Phi) is 2.51. The van der Waals surface area contributed by atoms with E-state index in [-0.39, 0.29) is 0 Å². The number of hydrogen-bond donors (Lipinski definition) is 0. The first-order valence-electron chi connectivity index (χ1n) is 5.42.